The van der Waals surface area contributed by atoms with Crippen LogP contribution in [-0.4, -0.2) is 35.6 Å². The van der Waals surface area contributed by atoms with Crippen LogP contribution >= 0.6 is 11.6 Å². The second-order valence-electron chi connectivity index (χ2n) is 7.23. The van der Waals surface area contributed by atoms with E-state index in [4.69, 9.17) is 11.6 Å². The molecule has 0 fully saturated rings. The molecule has 0 spiro atoms. The van der Waals surface area contributed by atoms with Gasteiger partial charge in [0.25, 0.3) is 0 Å². The van der Waals surface area contributed by atoms with Crippen LogP contribution in [0.5, 0.6) is 0 Å². The first-order chi connectivity index (χ1) is 13.4. The van der Waals surface area contributed by atoms with Crippen molar-refractivity contribution < 1.29 is 9.90 Å². The number of carboxylic acid groups (broad SMARTS) is 1. The Bertz CT molecular complexity index is 1100. The largest absolute Gasteiger partial charge is 0.481 e. The van der Waals surface area contributed by atoms with Gasteiger partial charge in [-0.3, -0.25) is 9.79 Å². The first kappa shape index (κ1) is 18.6. The first-order valence-corrected chi connectivity index (χ1v) is 9.60. The molecule has 1 aliphatic heterocycles. The molecule has 0 unspecified atom stereocenters. The molecule has 2 heterocycles. The van der Waals surface area contributed by atoms with E-state index in [1.54, 1.807) is 0 Å². The van der Waals surface area contributed by atoms with Gasteiger partial charge in [-0.05, 0) is 61.0 Å². The molecule has 0 amide bonds. The molecule has 2 aromatic carbocycles. The molecule has 6 heteroatoms. The smallest absolute Gasteiger partial charge is 0.307 e. The van der Waals surface area contributed by atoms with Crippen molar-refractivity contribution in [3.05, 3.63) is 52.2 Å². The zero-order valence-electron chi connectivity index (χ0n) is 16.0. The van der Waals surface area contributed by atoms with Gasteiger partial charge in [0, 0.05) is 29.2 Å². The predicted octanol–water partition coefficient (Wildman–Crippen LogP) is 4.68. The molecular weight excluding hydrogens is 374 g/mol. The predicted molar refractivity (Wildman–Crippen MR) is 115 cm³/mol. The quantitative estimate of drug-likeness (QED) is 0.638. The van der Waals surface area contributed by atoms with Crippen LogP contribution in [0.15, 0.2) is 35.3 Å². The normalized spacial score (nSPS) is 13.2. The average Bonchev–Trinajstić information content (AvgIpc) is 2.98. The van der Waals surface area contributed by atoms with Crippen molar-refractivity contribution in [1.82, 2.24) is 4.57 Å². The lowest BCUT2D eigenvalue weighted by atomic mass is 9.88. The second kappa shape index (κ2) is 6.99. The summed E-state index contributed by atoms with van der Waals surface area (Å²) in [5.74, 6) is -0.842. The van der Waals surface area contributed by atoms with Gasteiger partial charge in [0.1, 0.15) is 6.67 Å². The Morgan fingerprint density at radius 3 is 2.61 bits per heavy atom. The number of hydrogen-bond donors (Lipinski definition) is 1. The van der Waals surface area contributed by atoms with Gasteiger partial charge >= 0.3 is 5.97 Å². The molecule has 4 rings (SSSR count). The molecule has 3 aromatic rings. The van der Waals surface area contributed by atoms with Gasteiger partial charge in [0.15, 0.2) is 0 Å². The van der Waals surface area contributed by atoms with E-state index in [-0.39, 0.29) is 6.42 Å². The Kier molecular flexibility index (Phi) is 4.63. The fraction of sp³-hybridized carbons (Fsp3) is 0.273. The number of carbonyl (C=O) groups is 1. The third kappa shape index (κ3) is 2.87. The minimum Gasteiger partial charge on any atom is -0.481 e. The summed E-state index contributed by atoms with van der Waals surface area (Å²) in [5.41, 5.74) is 7.16. The zero-order chi connectivity index (χ0) is 20.0. The molecule has 1 aliphatic rings. The van der Waals surface area contributed by atoms with E-state index in [2.05, 4.69) is 34.2 Å². The highest BCUT2D eigenvalue weighted by Crippen LogP contribution is 2.44. The molecule has 0 saturated heterocycles. The Labute approximate surface area is 168 Å². The van der Waals surface area contributed by atoms with Crippen molar-refractivity contribution in [2.24, 2.45) is 4.99 Å². The summed E-state index contributed by atoms with van der Waals surface area (Å²) in [6.07, 6.45) is -0.0354. The van der Waals surface area contributed by atoms with Crippen LogP contribution in [0.2, 0.25) is 5.02 Å². The van der Waals surface area contributed by atoms with Crippen LogP contribution < -0.4 is 4.90 Å². The lowest BCUT2D eigenvalue weighted by Crippen LogP contribution is -2.33. The van der Waals surface area contributed by atoms with Gasteiger partial charge in [-0.15, -0.1) is 0 Å². The van der Waals surface area contributed by atoms with Crippen molar-refractivity contribution in [2.75, 3.05) is 18.1 Å². The molecule has 0 atom stereocenters. The van der Waals surface area contributed by atoms with Crippen LogP contribution in [0.1, 0.15) is 16.8 Å². The summed E-state index contributed by atoms with van der Waals surface area (Å²) in [5, 5.41) is 11.4. The van der Waals surface area contributed by atoms with E-state index < -0.39 is 5.97 Å². The average molecular weight is 396 g/mol. The fourth-order valence-electron chi connectivity index (χ4n) is 4.38. The van der Waals surface area contributed by atoms with Crippen molar-refractivity contribution in [1.29, 1.82) is 0 Å². The fourth-order valence-corrected chi connectivity index (χ4v) is 4.51. The first-order valence-electron chi connectivity index (χ1n) is 9.22. The molecule has 1 N–H and O–H groups in total. The highest BCUT2D eigenvalue weighted by molar-refractivity contribution is 6.30. The maximum Gasteiger partial charge on any atom is 0.307 e. The summed E-state index contributed by atoms with van der Waals surface area (Å²) in [4.78, 5) is 18.0. The van der Waals surface area contributed by atoms with Crippen molar-refractivity contribution in [3.8, 4) is 11.1 Å². The lowest BCUT2D eigenvalue weighted by Gasteiger charge is -2.33. The van der Waals surface area contributed by atoms with E-state index in [9.17, 15) is 9.90 Å². The molecule has 0 bridgehead atoms. The molecule has 5 nitrogen and oxygen atoms in total. The highest BCUT2D eigenvalue weighted by Gasteiger charge is 2.28. The summed E-state index contributed by atoms with van der Waals surface area (Å²) in [6.45, 7) is 9.95. The van der Waals surface area contributed by atoms with Gasteiger partial charge in [0.05, 0.1) is 17.6 Å². The number of benzene rings is 2. The highest BCUT2D eigenvalue weighted by atomic mass is 35.5. The van der Waals surface area contributed by atoms with Gasteiger partial charge in [-0.1, -0.05) is 23.7 Å². The number of rotatable bonds is 5. The van der Waals surface area contributed by atoms with E-state index in [1.807, 2.05) is 31.2 Å². The monoisotopic (exact) mass is 395 g/mol. The molecule has 0 radical (unpaired) electrons. The van der Waals surface area contributed by atoms with Crippen molar-refractivity contribution >= 4 is 40.9 Å². The Morgan fingerprint density at radius 2 is 1.96 bits per heavy atom. The summed E-state index contributed by atoms with van der Waals surface area (Å²) < 4.78 is 2.32. The number of carboxylic acids is 1. The van der Waals surface area contributed by atoms with Gasteiger partial charge in [0.2, 0.25) is 0 Å². The van der Waals surface area contributed by atoms with E-state index >= 15 is 0 Å². The topological polar surface area (TPSA) is 57.8 Å². The Hall–Kier alpha value is -2.79. The maximum absolute atomic E-state index is 11.7. The third-order valence-corrected chi connectivity index (χ3v) is 5.80. The zero-order valence-corrected chi connectivity index (χ0v) is 16.8. The molecule has 28 heavy (non-hydrogen) atoms. The standard InChI is InChI=1S/C22H22ClN3O2/c1-13-10-18-20(15-4-6-16(23)7-5-15)17(11-19(27)28)14(2)21-22(18)26(13)9-8-25(21)12-24-3/h4-7,10H,3,8-9,11-12H2,1-2H3,(H,27,28). The Balaban J connectivity index is 2.12. The SMILES string of the molecule is C=NCN1CCn2c(C)cc3c(-c4ccc(Cl)cc4)c(CC(=O)O)c(C)c1c32. The number of hydrogen-bond acceptors (Lipinski definition) is 3. The molecule has 0 saturated carbocycles. The lowest BCUT2D eigenvalue weighted by molar-refractivity contribution is -0.136. The summed E-state index contributed by atoms with van der Waals surface area (Å²) in [6, 6.07) is 9.78. The summed E-state index contributed by atoms with van der Waals surface area (Å²) in [7, 11) is 0. The van der Waals surface area contributed by atoms with Crippen LogP contribution in [0.25, 0.3) is 22.0 Å². The van der Waals surface area contributed by atoms with Crippen LogP contribution in [0.4, 0.5) is 5.69 Å². The van der Waals surface area contributed by atoms with Gasteiger partial charge < -0.3 is 14.6 Å². The number of aliphatic imine (C=N–C) groups is 1. The van der Waals surface area contributed by atoms with Crippen molar-refractivity contribution in [3.63, 3.8) is 0 Å². The van der Waals surface area contributed by atoms with E-state index in [1.165, 1.54) is 5.69 Å². The van der Waals surface area contributed by atoms with Gasteiger partial charge in [-0.2, -0.15) is 0 Å². The van der Waals surface area contributed by atoms with Crippen LogP contribution in [0.3, 0.4) is 0 Å². The van der Waals surface area contributed by atoms with E-state index in [0.29, 0.717) is 11.7 Å². The van der Waals surface area contributed by atoms with Gasteiger partial charge in [-0.25, -0.2) is 0 Å². The molecular formula is C22H22ClN3O2. The molecule has 0 aliphatic carbocycles. The second-order valence-corrected chi connectivity index (χ2v) is 7.67. The Morgan fingerprint density at radius 1 is 1.25 bits per heavy atom. The number of aryl methyl sites for hydroxylation is 1. The third-order valence-electron chi connectivity index (χ3n) is 5.55. The van der Waals surface area contributed by atoms with Crippen molar-refractivity contribution in [2.45, 2.75) is 26.8 Å². The van der Waals surface area contributed by atoms with Crippen LogP contribution in [-0.2, 0) is 17.8 Å². The van der Waals surface area contributed by atoms with E-state index in [0.717, 1.165) is 51.9 Å². The number of nitrogens with zero attached hydrogens (tertiary/aromatic N) is 3. The minimum absolute atomic E-state index is 0.0354. The number of halogens is 1. The number of aromatic nitrogens is 1. The molecule has 144 valence electrons. The number of aliphatic carboxylic acids is 1. The molecule has 1 aromatic heterocycles. The summed E-state index contributed by atoms with van der Waals surface area (Å²) >= 11 is 6.09. The van der Waals surface area contributed by atoms with Crippen LogP contribution in [0, 0.1) is 13.8 Å². The minimum atomic E-state index is -0.842. The maximum atomic E-state index is 11.7. The number of anilines is 1.